The molecule has 2 aromatic heterocycles. The number of benzene rings is 1. The topological polar surface area (TPSA) is 66.2 Å². The molecule has 1 atom stereocenters. The monoisotopic (exact) mass is 562 g/mol. The van der Waals surface area contributed by atoms with Crippen molar-refractivity contribution in [2.75, 3.05) is 40.3 Å². The van der Waals surface area contributed by atoms with Crippen molar-refractivity contribution in [3.63, 3.8) is 0 Å². The lowest BCUT2D eigenvalue weighted by molar-refractivity contribution is 0.245. The number of aromatic nitrogens is 2. The zero-order valence-corrected chi connectivity index (χ0v) is 22.1. The lowest BCUT2D eigenvalue weighted by Gasteiger charge is -2.29. The number of nitrogens with zero attached hydrogens (tertiary/aromatic N) is 4. The summed E-state index contributed by atoms with van der Waals surface area (Å²) in [6.07, 6.45) is 7.52. The molecule has 33 heavy (non-hydrogen) atoms. The van der Waals surface area contributed by atoms with Gasteiger partial charge in [0, 0.05) is 39.0 Å². The number of likely N-dealkylation sites (tertiary alicyclic amines) is 1. The molecule has 0 bridgehead atoms. The fraction of sp³-hybridized carbons (Fsp3) is 0.440. The highest BCUT2D eigenvalue weighted by atomic mass is 127. The number of halogens is 1. The highest BCUT2D eigenvalue weighted by Gasteiger charge is 2.23. The number of rotatable bonds is 8. The Morgan fingerprint density at radius 3 is 2.58 bits per heavy atom. The van der Waals surface area contributed by atoms with Gasteiger partial charge in [0.05, 0.1) is 18.8 Å². The Morgan fingerprint density at radius 2 is 1.91 bits per heavy atom. The maximum absolute atomic E-state index is 5.33. The second kappa shape index (κ2) is 12.2. The van der Waals surface area contributed by atoms with Crippen molar-refractivity contribution >= 4 is 35.6 Å². The maximum atomic E-state index is 5.33. The van der Waals surface area contributed by atoms with E-state index in [4.69, 9.17) is 9.72 Å². The normalized spacial score (nSPS) is 15.3. The average molecular weight is 563 g/mol. The van der Waals surface area contributed by atoms with Gasteiger partial charge in [-0.2, -0.15) is 0 Å². The summed E-state index contributed by atoms with van der Waals surface area (Å²) in [5, 5.41) is 6.98. The maximum Gasteiger partial charge on any atom is 0.191 e. The fourth-order valence-electron chi connectivity index (χ4n) is 4.38. The second-order valence-electron chi connectivity index (χ2n) is 8.32. The Labute approximate surface area is 213 Å². The zero-order valence-electron chi connectivity index (χ0n) is 19.8. The Hall–Kier alpha value is -2.33. The molecule has 3 aromatic rings. The van der Waals surface area contributed by atoms with Crippen LogP contribution in [0, 0.1) is 6.92 Å². The molecule has 0 amide bonds. The second-order valence-corrected chi connectivity index (χ2v) is 8.32. The number of imidazole rings is 1. The van der Waals surface area contributed by atoms with E-state index in [1.165, 1.54) is 24.0 Å². The number of aliphatic imine (C=N–C) groups is 1. The average Bonchev–Trinajstić information content (AvgIpc) is 3.49. The van der Waals surface area contributed by atoms with Gasteiger partial charge in [0.1, 0.15) is 11.4 Å². The lowest BCUT2D eigenvalue weighted by Crippen LogP contribution is -2.43. The number of hydrogen-bond donors (Lipinski definition) is 2. The first-order valence-electron chi connectivity index (χ1n) is 11.4. The number of pyridine rings is 1. The molecule has 1 aliphatic rings. The first-order chi connectivity index (χ1) is 15.7. The van der Waals surface area contributed by atoms with Crippen LogP contribution >= 0.6 is 24.0 Å². The number of nitrogens with one attached hydrogen (secondary N) is 2. The number of ether oxygens (including phenoxy) is 1. The van der Waals surface area contributed by atoms with Gasteiger partial charge < -0.3 is 19.8 Å². The van der Waals surface area contributed by atoms with Crippen molar-refractivity contribution in [1.82, 2.24) is 24.9 Å². The van der Waals surface area contributed by atoms with Crippen LogP contribution < -0.4 is 15.4 Å². The molecule has 0 radical (unpaired) electrons. The van der Waals surface area contributed by atoms with Crippen LogP contribution in [-0.4, -0.2) is 60.6 Å². The van der Waals surface area contributed by atoms with Crippen molar-refractivity contribution in [3.05, 3.63) is 65.6 Å². The van der Waals surface area contributed by atoms with Crippen molar-refractivity contribution < 1.29 is 4.74 Å². The molecule has 0 spiro atoms. The summed E-state index contributed by atoms with van der Waals surface area (Å²) in [6.45, 7) is 5.95. The van der Waals surface area contributed by atoms with Crippen molar-refractivity contribution in [3.8, 4) is 5.75 Å². The first kappa shape index (κ1) is 25.3. The molecule has 1 fully saturated rings. The third-order valence-electron chi connectivity index (χ3n) is 6.17. The molecule has 2 N–H and O–H groups in total. The molecule has 1 aromatic carbocycles. The predicted molar refractivity (Wildman–Crippen MR) is 145 cm³/mol. The molecule has 7 nitrogen and oxygen atoms in total. The van der Waals surface area contributed by atoms with Gasteiger partial charge in [-0.25, -0.2) is 4.98 Å². The van der Waals surface area contributed by atoms with Crippen molar-refractivity contribution in [1.29, 1.82) is 0 Å². The molecular formula is C25H35IN6O. The highest BCUT2D eigenvalue weighted by molar-refractivity contribution is 14.0. The first-order valence-corrected chi connectivity index (χ1v) is 11.4. The van der Waals surface area contributed by atoms with E-state index < -0.39 is 0 Å². The summed E-state index contributed by atoms with van der Waals surface area (Å²) in [7, 11) is 3.53. The SMILES string of the molecule is CN=C(NCCc1cn2cccc(C)c2n1)NCC(c1ccc(OC)cc1)N1CCCC1.I. The van der Waals surface area contributed by atoms with E-state index in [1.54, 1.807) is 7.11 Å². The summed E-state index contributed by atoms with van der Waals surface area (Å²) in [5.41, 5.74) is 4.60. The van der Waals surface area contributed by atoms with Crippen molar-refractivity contribution in [2.45, 2.75) is 32.2 Å². The molecule has 178 valence electrons. The summed E-state index contributed by atoms with van der Waals surface area (Å²) in [6, 6.07) is 12.9. The van der Waals surface area contributed by atoms with Gasteiger partial charge in [-0.15, -0.1) is 24.0 Å². The van der Waals surface area contributed by atoms with Crippen LogP contribution in [0.5, 0.6) is 5.75 Å². The largest absolute Gasteiger partial charge is 0.497 e. The Kier molecular flexibility index (Phi) is 9.37. The van der Waals surface area contributed by atoms with Gasteiger partial charge in [-0.1, -0.05) is 18.2 Å². The van der Waals surface area contributed by atoms with Crippen LogP contribution in [0.4, 0.5) is 0 Å². The summed E-state index contributed by atoms with van der Waals surface area (Å²) in [4.78, 5) is 11.7. The Morgan fingerprint density at radius 1 is 1.15 bits per heavy atom. The predicted octanol–water partition coefficient (Wildman–Crippen LogP) is 3.81. The Bertz CT molecular complexity index is 1040. The van der Waals surface area contributed by atoms with Crippen LogP contribution in [-0.2, 0) is 6.42 Å². The summed E-state index contributed by atoms with van der Waals surface area (Å²) in [5.74, 6) is 1.71. The van der Waals surface area contributed by atoms with E-state index in [1.807, 2.05) is 25.4 Å². The van der Waals surface area contributed by atoms with Crippen LogP contribution in [0.3, 0.4) is 0 Å². The van der Waals surface area contributed by atoms with E-state index >= 15 is 0 Å². The molecule has 1 saturated heterocycles. The van der Waals surface area contributed by atoms with E-state index in [0.717, 1.165) is 55.7 Å². The third-order valence-corrected chi connectivity index (χ3v) is 6.17. The standard InChI is InChI=1S/C25H34N6O.HI/c1-19-7-6-16-31-18-21(29-24(19)31)12-13-27-25(26-2)28-17-23(30-14-4-5-15-30)20-8-10-22(32-3)11-9-20;/h6-11,16,18,23H,4-5,12-15,17H2,1-3H3,(H2,26,27,28);1H. The van der Waals surface area contributed by atoms with Crippen LogP contribution in [0.25, 0.3) is 5.65 Å². The molecular weight excluding hydrogens is 527 g/mol. The minimum atomic E-state index is 0. The number of hydrogen-bond acceptors (Lipinski definition) is 4. The minimum Gasteiger partial charge on any atom is -0.497 e. The number of fused-ring (bicyclic) bond motifs is 1. The van der Waals surface area contributed by atoms with Crippen molar-refractivity contribution in [2.24, 2.45) is 4.99 Å². The zero-order chi connectivity index (χ0) is 22.3. The molecule has 1 unspecified atom stereocenters. The number of methoxy groups -OCH3 is 1. The van der Waals surface area contributed by atoms with Gasteiger partial charge in [0.15, 0.2) is 5.96 Å². The van der Waals surface area contributed by atoms with Gasteiger partial charge in [0.2, 0.25) is 0 Å². The quantitative estimate of drug-likeness (QED) is 0.249. The van der Waals surface area contributed by atoms with Gasteiger partial charge in [-0.3, -0.25) is 9.89 Å². The fourth-order valence-corrected chi connectivity index (χ4v) is 4.38. The van der Waals surface area contributed by atoms with Crippen LogP contribution in [0.1, 0.15) is 35.7 Å². The van der Waals surface area contributed by atoms with Crippen LogP contribution in [0.15, 0.2) is 53.8 Å². The lowest BCUT2D eigenvalue weighted by atomic mass is 10.1. The smallest absolute Gasteiger partial charge is 0.191 e. The number of guanidine groups is 1. The van der Waals surface area contributed by atoms with Gasteiger partial charge in [-0.05, 0) is 62.2 Å². The Balaban J connectivity index is 0.00000306. The number of aryl methyl sites for hydroxylation is 1. The summed E-state index contributed by atoms with van der Waals surface area (Å²) >= 11 is 0. The van der Waals surface area contributed by atoms with Gasteiger partial charge in [0.25, 0.3) is 0 Å². The molecule has 0 aliphatic carbocycles. The van der Waals surface area contributed by atoms with Gasteiger partial charge >= 0.3 is 0 Å². The molecule has 8 heteroatoms. The highest BCUT2D eigenvalue weighted by Crippen LogP contribution is 2.26. The van der Waals surface area contributed by atoms with E-state index in [2.05, 4.69) is 62.3 Å². The van der Waals surface area contributed by atoms with E-state index in [-0.39, 0.29) is 24.0 Å². The molecule has 1 aliphatic heterocycles. The van der Waals surface area contributed by atoms with E-state index in [9.17, 15) is 0 Å². The molecule has 3 heterocycles. The minimum absolute atomic E-state index is 0. The van der Waals surface area contributed by atoms with Crippen LogP contribution in [0.2, 0.25) is 0 Å². The molecule has 4 rings (SSSR count). The summed E-state index contributed by atoms with van der Waals surface area (Å²) < 4.78 is 7.42. The van der Waals surface area contributed by atoms with E-state index in [0.29, 0.717) is 6.04 Å². The molecule has 0 saturated carbocycles. The third kappa shape index (κ3) is 6.38.